The minimum absolute atomic E-state index is 0.0712. The van der Waals surface area contributed by atoms with Gasteiger partial charge in [-0.1, -0.05) is 0 Å². The molecule has 1 atom stereocenters. The maximum Gasteiger partial charge on any atom is 0.0794 e. The van der Waals surface area contributed by atoms with E-state index in [1.807, 2.05) is 11.7 Å². The lowest BCUT2D eigenvalue weighted by molar-refractivity contribution is -0.0834. The molecule has 90 valence electrons. The first-order chi connectivity index (χ1) is 7.78. The molecule has 0 radical (unpaired) electrons. The molecule has 0 amide bonds. The van der Waals surface area contributed by atoms with Gasteiger partial charge in [0.05, 0.1) is 11.1 Å². The summed E-state index contributed by atoms with van der Waals surface area (Å²) in [6, 6.07) is 0.278. The molecule has 1 aliphatic carbocycles. The number of thiazole rings is 1. The van der Waals surface area contributed by atoms with Crippen molar-refractivity contribution in [2.24, 2.45) is 5.84 Å². The summed E-state index contributed by atoms with van der Waals surface area (Å²) >= 11 is 1.68. The Morgan fingerprint density at radius 1 is 1.69 bits per heavy atom. The highest BCUT2D eigenvalue weighted by molar-refractivity contribution is 7.09. The number of aromatic nitrogens is 1. The summed E-state index contributed by atoms with van der Waals surface area (Å²) in [6.07, 6.45) is 7.42. The Morgan fingerprint density at radius 2 is 2.50 bits per heavy atom. The Balaban J connectivity index is 1.90. The largest absolute Gasteiger partial charge is 0.378 e. The molecule has 1 unspecified atom stereocenters. The van der Waals surface area contributed by atoms with Crippen molar-refractivity contribution in [2.75, 3.05) is 7.11 Å². The zero-order chi connectivity index (χ0) is 11.4. The quantitative estimate of drug-likeness (QED) is 0.585. The van der Waals surface area contributed by atoms with E-state index in [0.717, 1.165) is 25.7 Å². The zero-order valence-corrected chi connectivity index (χ0v) is 10.4. The Labute approximate surface area is 100 Å². The average molecular weight is 241 g/mol. The van der Waals surface area contributed by atoms with Crippen molar-refractivity contribution in [2.45, 2.75) is 43.7 Å². The van der Waals surface area contributed by atoms with Gasteiger partial charge in [0.25, 0.3) is 0 Å². The fourth-order valence-corrected chi connectivity index (χ4v) is 2.96. The molecule has 0 spiro atoms. The maximum absolute atomic E-state index is 5.62. The van der Waals surface area contributed by atoms with Crippen molar-refractivity contribution in [1.82, 2.24) is 10.4 Å². The fraction of sp³-hybridized carbons (Fsp3) is 0.727. The normalized spacial score (nSPS) is 20.4. The SMILES string of the molecule is COC1(CC(Cc2cncs2)NN)CCC1. The fourth-order valence-electron chi connectivity index (χ4n) is 2.29. The highest BCUT2D eigenvalue weighted by Gasteiger charge is 2.38. The number of hydrogen-bond donors (Lipinski definition) is 2. The first-order valence-electron chi connectivity index (χ1n) is 5.67. The summed E-state index contributed by atoms with van der Waals surface area (Å²) in [7, 11) is 1.80. The number of rotatable bonds is 6. The van der Waals surface area contributed by atoms with Gasteiger partial charge >= 0.3 is 0 Å². The van der Waals surface area contributed by atoms with Crippen LogP contribution in [0.15, 0.2) is 11.7 Å². The second-order valence-corrected chi connectivity index (χ2v) is 5.45. The molecule has 1 aliphatic rings. The van der Waals surface area contributed by atoms with Gasteiger partial charge in [-0.2, -0.15) is 0 Å². The van der Waals surface area contributed by atoms with Gasteiger partial charge in [0.1, 0.15) is 0 Å². The van der Waals surface area contributed by atoms with Gasteiger partial charge in [-0.3, -0.25) is 16.3 Å². The van der Waals surface area contributed by atoms with Crippen LogP contribution in [0.25, 0.3) is 0 Å². The van der Waals surface area contributed by atoms with Crippen LogP contribution in [0.5, 0.6) is 0 Å². The number of hydrogen-bond acceptors (Lipinski definition) is 5. The summed E-state index contributed by atoms with van der Waals surface area (Å²) < 4.78 is 5.62. The third kappa shape index (κ3) is 2.60. The first kappa shape index (κ1) is 12.0. The standard InChI is InChI=1S/C11H19N3OS/c1-15-11(3-2-4-11)6-9(14-12)5-10-7-13-8-16-10/h7-9,14H,2-6,12H2,1H3. The Bertz CT molecular complexity index is 306. The smallest absolute Gasteiger partial charge is 0.0794 e. The Morgan fingerprint density at radius 3 is 2.94 bits per heavy atom. The topological polar surface area (TPSA) is 60.2 Å². The summed E-state index contributed by atoms with van der Waals surface area (Å²) in [5.74, 6) is 5.61. The van der Waals surface area contributed by atoms with Crippen molar-refractivity contribution in [3.63, 3.8) is 0 Å². The molecular formula is C11H19N3OS. The molecule has 5 heteroatoms. The molecule has 2 rings (SSSR count). The molecule has 4 nitrogen and oxygen atoms in total. The predicted octanol–water partition coefficient (Wildman–Crippen LogP) is 1.48. The Kier molecular flexibility index (Phi) is 3.91. The predicted molar refractivity (Wildman–Crippen MR) is 65.1 cm³/mol. The summed E-state index contributed by atoms with van der Waals surface area (Å²) in [5.41, 5.74) is 4.83. The number of nitrogens with one attached hydrogen (secondary N) is 1. The molecule has 3 N–H and O–H groups in total. The van der Waals surface area contributed by atoms with Crippen LogP contribution in [0, 0.1) is 0 Å². The van der Waals surface area contributed by atoms with E-state index in [4.69, 9.17) is 10.6 Å². The van der Waals surface area contributed by atoms with E-state index in [0.29, 0.717) is 0 Å². The van der Waals surface area contributed by atoms with Gasteiger partial charge in [-0.05, 0) is 25.7 Å². The van der Waals surface area contributed by atoms with E-state index in [1.54, 1.807) is 18.4 Å². The molecule has 0 saturated heterocycles. The van der Waals surface area contributed by atoms with Gasteiger partial charge in [0.15, 0.2) is 0 Å². The van der Waals surface area contributed by atoms with E-state index < -0.39 is 0 Å². The van der Waals surface area contributed by atoms with Crippen LogP contribution < -0.4 is 11.3 Å². The molecule has 16 heavy (non-hydrogen) atoms. The van der Waals surface area contributed by atoms with Crippen LogP contribution in [0.4, 0.5) is 0 Å². The van der Waals surface area contributed by atoms with Crippen LogP contribution in [0.2, 0.25) is 0 Å². The van der Waals surface area contributed by atoms with Crippen LogP contribution in [-0.4, -0.2) is 23.7 Å². The lowest BCUT2D eigenvalue weighted by Crippen LogP contribution is -2.48. The van der Waals surface area contributed by atoms with E-state index in [2.05, 4.69) is 10.4 Å². The third-order valence-corrected chi connectivity index (χ3v) is 4.28. The molecule has 1 aromatic heterocycles. The molecule has 0 bridgehead atoms. The molecule has 1 saturated carbocycles. The molecule has 1 fully saturated rings. The lowest BCUT2D eigenvalue weighted by atomic mass is 9.75. The molecule has 0 aliphatic heterocycles. The van der Waals surface area contributed by atoms with E-state index >= 15 is 0 Å². The second kappa shape index (κ2) is 5.23. The molecular weight excluding hydrogens is 222 g/mol. The van der Waals surface area contributed by atoms with Gasteiger partial charge in [-0.25, -0.2) is 0 Å². The first-order valence-corrected chi connectivity index (χ1v) is 6.54. The molecule has 1 heterocycles. The summed E-state index contributed by atoms with van der Waals surface area (Å²) in [4.78, 5) is 5.35. The number of nitrogens with two attached hydrogens (primary N) is 1. The van der Waals surface area contributed by atoms with Crippen molar-refractivity contribution < 1.29 is 4.74 Å². The van der Waals surface area contributed by atoms with Crippen LogP contribution in [0.3, 0.4) is 0 Å². The minimum Gasteiger partial charge on any atom is -0.378 e. The third-order valence-electron chi connectivity index (χ3n) is 3.48. The van der Waals surface area contributed by atoms with Crippen LogP contribution in [0.1, 0.15) is 30.6 Å². The molecule has 1 aromatic rings. The van der Waals surface area contributed by atoms with Crippen molar-refractivity contribution >= 4 is 11.3 Å². The van der Waals surface area contributed by atoms with Gasteiger partial charge in [-0.15, -0.1) is 11.3 Å². The van der Waals surface area contributed by atoms with E-state index in [1.165, 1.54) is 11.3 Å². The van der Waals surface area contributed by atoms with E-state index in [-0.39, 0.29) is 11.6 Å². The number of ether oxygens (including phenoxy) is 1. The average Bonchev–Trinajstić information content (AvgIpc) is 2.74. The van der Waals surface area contributed by atoms with Gasteiger partial charge in [0.2, 0.25) is 0 Å². The van der Waals surface area contributed by atoms with Crippen molar-refractivity contribution in [1.29, 1.82) is 0 Å². The summed E-state index contributed by atoms with van der Waals surface area (Å²) in [6.45, 7) is 0. The number of methoxy groups -OCH3 is 1. The number of hydrazine groups is 1. The van der Waals surface area contributed by atoms with Crippen molar-refractivity contribution in [3.8, 4) is 0 Å². The number of nitrogens with zero attached hydrogens (tertiary/aromatic N) is 1. The zero-order valence-electron chi connectivity index (χ0n) is 9.61. The monoisotopic (exact) mass is 241 g/mol. The molecule has 0 aromatic carbocycles. The highest BCUT2D eigenvalue weighted by atomic mass is 32.1. The maximum atomic E-state index is 5.62. The van der Waals surface area contributed by atoms with Gasteiger partial charge < -0.3 is 4.74 Å². The lowest BCUT2D eigenvalue weighted by Gasteiger charge is -2.42. The minimum atomic E-state index is 0.0712. The van der Waals surface area contributed by atoms with Crippen molar-refractivity contribution in [3.05, 3.63) is 16.6 Å². The van der Waals surface area contributed by atoms with E-state index in [9.17, 15) is 0 Å². The van der Waals surface area contributed by atoms with Crippen LogP contribution >= 0.6 is 11.3 Å². The van der Waals surface area contributed by atoms with Gasteiger partial charge in [0, 0.05) is 30.6 Å². The Hall–Kier alpha value is -0.490. The van der Waals surface area contributed by atoms with Crippen LogP contribution in [-0.2, 0) is 11.2 Å². The highest BCUT2D eigenvalue weighted by Crippen LogP contribution is 2.39. The summed E-state index contributed by atoms with van der Waals surface area (Å²) in [5, 5.41) is 0. The second-order valence-electron chi connectivity index (χ2n) is 4.48.